The van der Waals surface area contributed by atoms with Crippen LogP contribution in [0.1, 0.15) is 375 Å². The van der Waals surface area contributed by atoms with Crippen LogP contribution in [0, 0.1) is 101 Å². The van der Waals surface area contributed by atoms with Crippen molar-refractivity contribution in [1.29, 1.82) is 0 Å². The van der Waals surface area contributed by atoms with E-state index in [1.165, 1.54) is 109 Å². The van der Waals surface area contributed by atoms with Crippen LogP contribution in [0.5, 0.6) is 0 Å². The smallest absolute Gasteiger partial charge is 0.338 e. The van der Waals surface area contributed by atoms with Crippen molar-refractivity contribution >= 4 is 70.1 Å². The van der Waals surface area contributed by atoms with Gasteiger partial charge in [0.15, 0.2) is 0 Å². The number of ether oxygens (including phenoxy) is 11. The molecule has 4 aromatic rings. The van der Waals surface area contributed by atoms with Crippen LogP contribution < -0.4 is 5.32 Å². The Labute approximate surface area is 852 Å². The van der Waals surface area contributed by atoms with Crippen molar-refractivity contribution in [2.75, 3.05) is 0 Å². The van der Waals surface area contributed by atoms with Crippen molar-refractivity contribution in [3.63, 3.8) is 0 Å². The Morgan fingerprint density at radius 3 is 1.10 bits per heavy atom. The molecule has 9 aliphatic carbocycles. The molecule has 28 atom stereocenters. The first-order valence-corrected chi connectivity index (χ1v) is 57.0. The van der Waals surface area contributed by atoms with Crippen molar-refractivity contribution in [1.82, 2.24) is 5.32 Å². The zero-order valence-electron chi connectivity index (χ0n) is 88.4. The third-order valence-corrected chi connectivity index (χ3v) is 40.2. The van der Waals surface area contributed by atoms with E-state index in [9.17, 15) is 38.4 Å². The molecule has 1 amide bonds. The normalized spacial score (nSPS) is 39.2. The van der Waals surface area contributed by atoms with Gasteiger partial charge in [-0.2, -0.15) is 0 Å². The number of benzene rings is 4. The Bertz CT molecular complexity index is 5210. The number of nitrogens with one attached hydrogen (secondary N) is 1. The summed E-state index contributed by atoms with van der Waals surface area (Å²) in [5.41, 5.74) is -0.806. The summed E-state index contributed by atoms with van der Waals surface area (Å²) in [7, 11) is 0. The predicted octanol–water partition coefficient (Wildman–Crippen LogP) is 25.6. The molecule has 9 saturated carbocycles. The molecule has 21 rings (SSSR count). The average molecular weight is 1970 g/mol. The zero-order chi connectivity index (χ0) is 101. The Morgan fingerprint density at radius 1 is 0.350 bits per heavy atom. The van der Waals surface area contributed by atoms with Crippen LogP contribution >= 0.6 is 0 Å². The monoisotopic (exact) mass is 1960 g/mol. The van der Waals surface area contributed by atoms with Crippen LogP contribution in [0.15, 0.2) is 127 Å². The molecule has 17 aliphatic rings. The summed E-state index contributed by atoms with van der Waals surface area (Å²) in [5.74, 6) is 3.93. The van der Waals surface area contributed by atoms with E-state index in [0.717, 1.165) is 137 Å². The maximum Gasteiger partial charge on any atom is 0.338 e. The van der Waals surface area contributed by atoms with E-state index >= 15 is 0 Å². The van der Waals surface area contributed by atoms with Gasteiger partial charge in [-0.15, -0.1) is 0 Å². The van der Waals surface area contributed by atoms with E-state index in [4.69, 9.17) is 52.1 Å². The zero-order valence-corrected chi connectivity index (χ0v) is 88.4. The van der Waals surface area contributed by atoms with Gasteiger partial charge < -0.3 is 57.4 Å². The lowest BCUT2D eigenvalue weighted by atomic mass is 9.66. The van der Waals surface area contributed by atoms with E-state index in [2.05, 4.69) is 72.8 Å². The molecule has 780 valence electrons. The molecule has 20 heteroatoms. The van der Waals surface area contributed by atoms with Crippen molar-refractivity contribution in [2.45, 2.75) is 447 Å². The third kappa shape index (κ3) is 20.4. The molecule has 8 heterocycles. The van der Waals surface area contributed by atoms with Gasteiger partial charge in [-0.05, 0) is 273 Å². The van der Waals surface area contributed by atoms with Gasteiger partial charge in [0, 0.05) is 93.3 Å². The highest BCUT2D eigenvalue weighted by atomic mass is 16.7. The number of amides is 1. The second-order valence-electron chi connectivity index (χ2n) is 48.2. The average Bonchev–Trinajstić information content (AvgIpc) is 1.54. The highest BCUT2D eigenvalue weighted by molar-refractivity contribution is 5.96. The molecule has 8 bridgehead atoms. The topological polar surface area (TPSA) is 250 Å². The lowest BCUT2D eigenvalue weighted by Gasteiger charge is -2.54. The van der Waals surface area contributed by atoms with Crippen molar-refractivity contribution in [2.24, 2.45) is 101 Å². The Balaban J connectivity index is 0.000000126. The van der Waals surface area contributed by atoms with Gasteiger partial charge in [0.05, 0.1) is 17.2 Å². The van der Waals surface area contributed by atoms with E-state index < -0.39 is 44.8 Å². The predicted molar refractivity (Wildman–Crippen MR) is 552 cm³/mol. The van der Waals surface area contributed by atoms with Crippen LogP contribution in [0.25, 0.3) is 22.4 Å². The Kier molecular flexibility index (Phi) is 32.3. The molecule has 0 aromatic heterocycles. The first-order chi connectivity index (χ1) is 68.9. The number of hydrogen-bond donors (Lipinski definition) is 1. The lowest BCUT2D eigenvalue weighted by molar-refractivity contribution is -0.270. The number of esters is 7. The highest BCUT2D eigenvalue weighted by Gasteiger charge is 2.78. The van der Waals surface area contributed by atoms with Crippen molar-refractivity contribution in [3.8, 4) is 0 Å². The molecule has 0 spiro atoms. The van der Waals surface area contributed by atoms with Gasteiger partial charge in [-0.25, -0.2) is 19.2 Å². The van der Waals surface area contributed by atoms with Crippen molar-refractivity contribution in [3.05, 3.63) is 144 Å². The van der Waals surface area contributed by atoms with Gasteiger partial charge in [-0.3, -0.25) is 19.2 Å². The summed E-state index contributed by atoms with van der Waals surface area (Å²) in [6, 6.07) is 33.7. The first kappa shape index (κ1) is 105. The molecule has 8 saturated heterocycles. The Hall–Kier alpha value is -8.04. The van der Waals surface area contributed by atoms with Gasteiger partial charge in [0.2, 0.25) is 5.91 Å². The van der Waals surface area contributed by atoms with Gasteiger partial charge in [-0.1, -0.05) is 249 Å². The molecule has 20 nitrogen and oxygen atoms in total. The molecule has 8 aliphatic heterocycles. The minimum atomic E-state index is -0.611. The van der Waals surface area contributed by atoms with E-state index in [1.54, 1.807) is 18.2 Å². The summed E-state index contributed by atoms with van der Waals surface area (Å²) in [6.07, 6.45) is 48.7. The number of carbonyl (C=O) groups excluding carboxylic acids is 8. The molecule has 1 N–H and O–H groups in total. The Morgan fingerprint density at radius 2 is 0.699 bits per heavy atom. The minimum Gasteiger partial charge on any atom is -0.459 e. The van der Waals surface area contributed by atoms with Gasteiger partial charge in [0.1, 0.15) is 81.9 Å². The largest absolute Gasteiger partial charge is 0.459 e. The molecular weight excluding hydrogens is 1800 g/mol. The molecule has 143 heavy (non-hydrogen) atoms. The summed E-state index contributed by atoms with van der Waals surface area (Å²) in [4.78, 5) is 104. The summed E-state index contributed by atoms with van der Waals surface area (Å²) in [5, 5.41) is 5.47. The highest BCUT2D eigenvalue weighted by Crippen LogP contribution is 2.70. The van der Waals surface area contributed by atoms with Crippen LogP contribution in [0.3, 0.4) is 0 Å². The third-order valence-electron chi connectivity index (χ3n) is 40.2. The standard InChI is InChI=1S/C32H40O5.C31H42O5.C30H41NO4.C30H46O5/c1-4-27(33)35-26-19-32(24-12-6-5-7-13-24)29(28-20(2)14-17-25(28)31(26,3)37-32)36-30(34)23-16-15-21-10-8-9-11-22(21)18-23;1-5-26(32)34-25-19-31(23-14-10-7-11-15-23)29(28-20(2)16-17-24(28)30(25,4)36-31)35-27(33)18-21(3)22-12-8-6-9-13-22;1-4-25(32)31-24-19-30(22-13-9-6-10-14-22)28(27-20(2)15-17-23(27)29(24,3)35-30)34-26(33)18-16-21-11-7-5-8-12-21;1-4-25(31)33-24-19-30(22-13-9-6-10-14-22)28(27-20(2)15-17-23(27)29(24,3)35-30)34-26(32)18-16-21-11-7-5-8-12-21/h8-11,15-16,18,20,24-26,28-29H,4-7,12-14,17,19H2,1-3H3;6,8-9,12-13,18,20,23-25,28-29H,5,7,10-11,14-17,19H2,1-4H3;5,7-8,11-12,16,18,20,22-24,27-28H,4,6,9-10,13-15,17,19H2,1-3H3,(H,31,32);16,18,20-24,27-28H,4-15,17,19H2,1-3H3/b;21-18+;2*18-16+. The van der Waals surface area contributed by atoms with E-state index in [0.29, 0.717) is 104 Å². The van der Waals surface area contributed by atoms with Crippen LogP contribution in [-0.2, 0) is 85.7 Å². The fraction of sp³-hybridized carbons (Fsp3) is 0.707. The first-order valence-electron chi connectivity index (χ1n) is 57.0. The summed E-state index contributed by atoms with van der Waals surface area (Å²) in [6.45, 7) is 27.4. The van der Waals surface area contributed by atoms with E-state index in [1.807, 2.05) is 138 Å². The summed E-state index contributed by atoms with van der Waals surface area (Å²) < 4.78 is 73.1. The molecule has 17 fully saturated rings. The van der Waals surface area contributed by atoms with Gasteiger partial charge in [0.25, 0.3) is 0 Å². The number of allylic oxidation sites excluding steroid dienone is 2. The van der Waals surface area contributed by atoms with Crippen LogP contribution in [0.2, 0.25) is 0 Å². The maximum atomic E-state index is 13.8. The van der Waals surface area contributed by atoms with Crippen LogP contribution in [-0.4, -0.2) is 141 Å². The molecular formula is C123H169NO19. The second-order valence-corrected chi connectivity index (χ2v) is 48.2. The number of fused-ring (bicyclic) bond motifs is 17. The number of hydrogen-bond acceptors (Lipinski definition) is 19. The summed E-state index contributed by atoms with van der Waals surface area (Å²) >= 11 is 0. The maximum absolute atomic E-state index is 13.8. The quantitative estimate of drug-likeness (QED) is 0.0411. The van der Waals surface area contributed by atoms with Gasteiger partial charge >= 0.3 is 41.8 Å². The van der Waals surface area contributed by atoms with Crippen molar-refractivity contribution < 1.29 is 90.5 Å². The molecule has 0 radical (unpaired) electrons. The SMILES string of the molecule is CCC(=O)NC1CC2(C3CCCCC3)OC1(C)C1CCC(C)C1C2OC(=O)/C=C/c1ccccc1.CCC(=O)OC1CC2(C3CCCCC3)OC1(C)C1CCC(C)C1C2OC(=O)/C=C(\C)c1ccccc1.CCC(=O)OC1CC2(C3CCCCC3)OC1(C)C1CCC(C)C1C2OC(=O)/C=C/C1CCCCC1.CCC(=O)OC1CC2(C3CCCCC3)OC1(C)C1CCC(C)C1C2OC(=O)c1ccc2ccccc2c1. The molecule has 4 aromatic carbocycles. The molecule has 28 unspecified atom stereocenters. The fourth-order valence-electron chi connectivity index (χ4n) is 32.9. The fourth-order valence-corrected chi connectivity index (χ4v) is 32.9. The lowest BCUT2D eigenvalue weighted by Crippen LogP contribution is -2.63. The minimum absolute atomic E-state index is 0.0433. The van der Waals surface area contributed by atoms with Crippen LogP contribution in [0.4, 0.5) is 0 Å². The number of carbonyl (C=O) groups is 8. The number of rotatable bonds is 23. The van der Waals surface area contributed by atoms with E-state index in [-0.39, 0.29) is 144 Å². The second kappa shape index (κ2) is 44.0.